The number of carbonyl (C=O) groups is 1. The molecule has 20 heavy (non-hydrogen) atoms. The Labute approximate surface area is 116 Å². The molecule has 4 heteroatoms. The van der Waals surface area contributed by atoms with Gasteiger partial charge in [0.05, 0.1) is 5.69 Å². The molecule has 0 saturated carbocycles. The summed E-state index contributed by atoms with van der Waals surface area (Å²) in [7, 11) is 0. The van der Waals surface area contributed by atoms with Crippen LogP contribution >= 0.6 is 0 Å². The molecule has 0 fully saturated rings. The van der Waals surface area contributed by atoms with E-state index in [0.717, 1.165) is 18.4 Å². The van der Waals surface area contributed by atoms with Gasteiger partial charge in [-0.3, -0.25) is 4.79 Å². The van der Waals surface area contributed by atoms with E-state index >= 15 is 0 Å². The maximum atomic E-state index is 12.6. The molecule has 0 saturated heterocycles. The zero-order valence-electron chi connectivity index (χ0n) is 10.9. The number of amides is 1. The van der Waals surface area contributed by atoms with E-state index in [0.29, 0.717) is 17.8 Å². The topological polar surface area (TPSA) is 60.8 Å². The molecule has 1 heterocycles. The molecule has 0 aromatic heterocycles. The van der Waals surface area contributed by atoms with Crippen LogP contribution in [0, 0.1) is 0 Å². The Balaban J connectivity index is 2.03. The molecule has 1 aliphatic rings. The fraction of sp³-hybridized carbons (Fsp3) is 0.188. The van der Waals surface area contributed by atoms with Gasteiger partial charge in [0.25, 0.3) is 5.91 Å². The van der Waals surface area contributed by atoms with Gasteiger partial charge in [0.2, 0.25) is 0 Å². The SMILES string of the molecule is O=C(c1cccc(O)c1)N1CCCc2cccc(O)c21. The van der Waals surface area contributed by atoms with E-state index in [1.54, 1.807) is 29.2 Å². The number of hydrogen-bond donors (Lipinski definition) is 2. The van der Waals surface area contributed by atoms with Crippen LogP contribution in [-0.4, -0.2) is 22.7 Å². The van der Waals surface area contributed by atoms with E-state index in [1.807, 2.05) is 6.07 Å². The summed E-state index contributed by atoms with van der Waals surface area (Å²) >= 11 is 0. The summed E-state index contributed by atoms with van der Waals surface area (Å²) in [5.41, 5.74) is 1.98. The number of hydrogen-bond acceptors (Lipinski definition) is 3. The van der Waals surface area contributed by atoms with Crippen molar-refractivity contribution < 1.29 is 15.0 Å². The van der Waals surface area contributed by atoms with E-state index in [-0.39, 0.29) is 17.4 Å². The van der Waals surface area contributed by atoms with Gasteiger partial charge in [-0.05, 0) is 42.7 Å². The highest BCUT2D eigenvalue weighted by atomic mass is 16.3. The van der Waals surface area contributed by atoms with Crippen molar-refractivity contribution in [2.75, 3.05) is 11.4 Å². The zero-order chi connectivity index (χ0) is 14.1. The average Bonchev–Trinajstić information content (AvgIpc) is 2.46. The van der Waals surface area contributed by atoms with Crippen LogP contribution in [0.3, 0.4) is 0 Å². The van der Waals surface area contributed by atoms with E-state index < -0.39 is 0 Å². The first kappa shape index (κ1) is 12.5. The van der Waals surface area contributed by atoms with Crippen molar-refractivity contribution in [3.63, 3.8) is 0 Å². The van der Waals surface area contributed by atoms with E-state index in [2.05, 4.69) is 0 Å². The molecule has 3 rings (SSSR count). The smallest absolute Gasteiger partial charge is 0.258 e. The third-order valence-electron chi connectivity index (χ3n) is 3.53. The second-order valence-electron chi connectivity index (χ2n) is 4.90. The Bertz CT molecular complexity index is 667. The van der Waals surface area contributed by atoms with Crippen molar-refractivity contribution in [2.24, 2.45) is 0 Å². The van der Waals surface area contributed by atoms with Gasteiger partial charge < -0.3 is 15.1 Å². The van der Waals surface area contributed by atoms with E-state index in [4.69, 9.17) is 0 Å². The molecule has 0 spiro atoms. The highest BCUT2D eigenvalue weighted by molar-refractivity contribution is 6.07. The third kappa shape index (κ3) is 2.09. The van der Waals surface area contributed by atoms with Gasteiger partial charge in [-0.1, -0.05) is 18.2 Å². The molecule has 102 valence electrons. The Morgan fingerprint density at radius 1 is 1.10 bits per heavy atom. The number of fused-ring (bicyclic) bond motifs is 1. The number of aryl methyl sites for hydroxylation is 1. The minimum absolute atomic E-state index is 0.0605. The minimum atomic E-state index is -0.205. The Hall–Kier alpha value is -2.49. The van der Waals surface area contributed by atoms with Crippen LogP contribution in [0.5, 0.6) is 11.5 Å². The lowest BCUT2D eigenvalue weighted by molar-refractivity contribution is 0.0984. The number of benzene rings is 2. The predicted octanol–water partition coefficient (Wildman–Crippen LogP) is 2.69. The van der Waals surface area contributed by atoms with Gasteiger partial charge in [0.15, 0.2) is 0 Å². The lowest BCUT2D eigenvalue weighted by Gasteiger charge is -2.30. The number of carbonyl (C=O) groups excluding carboxylic acids is 1. The van der Waals surface area contributed by atoms with Gasteiger partial charge in [-0.2, -0.15) is 0 Å². The molecule has 2 aromatic carbocycles. The van der Waals surface area contributed by atoms with Crippen molar-refractivity contribution >= 4 is 11.6 Å². The van der Waals surface area contributed by atoms with Crippen molar-refractivity contribution in [1.29, 1.82) is 0 Å². The number of rotatable bonds is 1. The third-order valence-corrected chi connectivity index (χ3v) is 3.53. The predicted molar refractivity (Wildman–Crippen MR) is 76.2 cm³/mol. The molecule has 4 nitrogen and oxygen atoms in total. The lowest BCUT2D eigenvalue weighted by Crippen LogP contribution is -2.35. The van der Waals surface area contributed by atoms with Crippen LogP contribution in [0.25, 0.3) is 0 Å². The van der Waals surface area contributed by atoms with Crippen molar-refractivity contribution in [3.05, 3.63) is 53.6 Å². The van der Waals surface area contributed by atoms with Crippen molar-refractivity contribution in [2.45, 2.75) is 12.8 Å². The molecule has 1 amide bonds. The van der Waals surface area contributed by atoms with Crippen LogP contribution < -0.4 is 4.90 Å². The van der Waals surface area contributed by atoms with Crippen molar-refractivity contribution in [1.82, 2.24) is 0 Å². The molecule has 0 radical (unpaired) electrons. The van der Waals surface area contributed by atoms with Crippen molar-refractivity contribution in [3.8, 4) is 11.5 Å². The summed E-state index contributed by atoms with van der Waals surface area (Å²) in [6, 6.07) is 11.6. The molecular weight excluding hydrogens is 254 g/mol. The molecule has 2 aromatic rings. The standard InChI is InChI=1S/C16H15NO3/c18-13-7-1-5-12(10-13)16(20)17-9-3-6-11-4-2-8-14(19)15(11)17/h1-2,4-5,7-8,10,18-19H,3,6,9H2. The molecular formula is C16H15NO3. The molecule has 0 aliphatic carbocycles. The molecule has 2 N–H and O–H groups in total. The van der Waals surface area contributed by atoms with E-state index in [1.165, 1.54) is 12.1 Å². The largest absolute Gasteiger partial charge is 0.508 e. The number of phenolic OH excluding ortho intramolecular Hbond substituents is 2. The maximum absolute atomic E-state index is 12.6. The van der Waals surface area contributed by atoms with Gasteiger partial charge in [0, 0.05) is 12.1 Å². The summed E-state index contributed by atoms with van der Waals surface area (Å²) in [4.78, 5) is 14.2. The first-order chi connectivity index (χ1) is 9.66. The molecule has 1 aliphatic heterocycles. The first-order valence-electron chi connectivity index (χ1n) is 6.58. The number of nitrogens with zero attached hydrogens (tertiary/aromatic N) is 1. The number of para-hydroxylation sites is 1. The van der Waals surface area contributed by atoms with Crippen LogP contribution in [0.15, 0.2) is 42.5 Å². The molecule has 0 bridgehead atoms. The quantitative estimate of drug-likeness (QED) is 0.836. The van der Waals surface area contributed by atoms with Gasteiger partial charge in [-0.25, -0.2) is 0 Å². The number of phenols is 2. The highest BCUT2D eigenvalue weighted by Gasteiger charge is 2.26. The number of aromatic hydroxyl groups is 2. The summed E-state index contributed by atoms with van der Waals surface area (Å²) < 4.78 is 0. The first-order valence-corrected chi connectivity index (χ1v) is 6.58. The monoisotopic (exact) mass is 269 g/mol. The second-order valence-corrected chi connectivity index (χ2v) is 4.90. The molecule has 0 unspecified atom stereocenters. The normalized spacial score (nSPS) is 13.9. The van der Waals surface area contributed by atoms with Crippen LogP contribution in [-0.2, 0) is 6.42 Å². The van der Waals surface area contributed by atoms with Crippen LogP contribution in [0.4, 0.5) is 5.69 Å². The van der Waals surface area contributed by atoms with Gasteiger partial charge in [-0.15, -0.1) is 0 Å². The Kier molecular flexibility index (Phi) is 3.06. The van der Waals surface area contributed by atoms with Gasteiger partial charge in [0.1, 0.15) is 11.5 Å². The lowest BCUT2D eigenvalue weighted by atomic mass is 10.00. The Morgan fingerprint density at radius 2 is 1.90 bits per heavy atom. The fourth-order valence-electron chi connectivity index (χ4n) is 2.63. The van der Waals surface area contributed by atoms with Gasteiger partial charge >= 0.3 is 0 Å². The highest BCUT2D eigenvalue weighted by Crippen LogP contribution is 2.36. The summed E-state index contributed by atoms with van der Waals surface area (Å²) in [6.07, 6.45) is 1.72. The minimum Gasteiger partial charge on any atom is -0.508 e. The summed E-state index contributed by atoms with van der Waals surface area (Å²) in [5.74, 6) is -0.0237. The molecule has 0 atom stereocenters. The Morgan fingerprint density at radius 3 is 2.70 bits per heavy atom. The van der Waals surface area contributed by atoms with E-state index in [9.17, 15) is 15.0 Å². The average molecular weight is 269 g/mol. The van der Waals surface area contributed by atoms with Crippen LogP contribution in [0.1, 0.15) is 22.3 Å². The summed E-state index contributed by atoms with van der Waals surface area (Å²) in [6.45, 7) is 0.569. The zero-order valence-corrected chi connectivity index (χ0v) is 10.9. The number of anilines is 1. The second kappa shape index (κ2) is 4.89. The summed E-state index contributed by atoms with van der Waals surface area (Å²) in [5, 5.41) is 19.5. The maximum Gasteiger partial charge on any atom is 0.258 e. The van der Waals surface area contributed by atoms with Crippen LogP contribution in [0.2, 0.25) is 0 Å². The fourth-order valence-corrected chi connectivity index (χ4v) is 2.63.